The van der Waals surface area contributed by atoms with E-state index in [1.807, 2.05) is 0 Å². The van der Waals surface area contributed by atoms with Gasteiger partial charge in [-0.1, -0.05) is 39.5 Å². The fourth-order valence-corrected chi connectivity index (χ4v) is 3.19. The summed E-state index contributed by atoms with van der Waals surface area (Å²) in [6, 6.07) is 0.515. The van der Waals surface area contributed by atoms with Gasteiger partial charge in [0.25, 0.3) is 0 Å². The molecule has 1 rings (SSSR count). The average molecular weight is 259 g/mol. The Morgan fingerprint density at radius 3 is 2.75 bits per heavy atom. The number of aromatic nitrogens is 2. The van der Waals surface area contributed by atoms with Crippen LogP contribution < -0.4 is 5.32 Å². The molecule has 16 heavy (non-hydrogen) atoms. The summed E-state index contributed by atoms with van der Waals surface area (Å²) in [4.78, 5) is 4.19. The van der Waals surface area contributed by atoms with Gasteiger partial charge in [0.1, 0.15) is 6.33 Å². The largest absolute Gasteiger partial charge is 0.313 e. The van der Waals surface area contributed by atoms with Crippen molar-refractivity contribution in [3.8, 4) is 0 Å². The molecule has 1 atom stereocenters. The second-order valence-corrected chi connectivity index (χ2v) is 6.94. The minimum atomic E-state index is 0.285. The fraction of sp³-hybridized carbons (Fsp3) is 0.818. The van der Waals surface area contributed by atoms with Gasteiger partial charge in [0, 0.05) is 11.8 Å². The third-order valence-electron chi connectivity index (χ3n) is 2.40. The van der Waals surface area contributed by atoms with E-state index in [0.29, 0.717) is 6.04 Å². The lowest BCUT2D eigenvalue weighted by Gasteiger charge is -2.31. The number of thioether (sulfide) groups is 1. The molecule has 3 nitrogen and oxygen atoms in total. The number of hydrogen-bond acceptors (Lipinski definition) is 5. The second kappa shape index (κ2) is 6.57. The summed E-state index contributed by atoms with van der Waals surface area (Å²) in [5.41, 5.74) is 0.285. The first kappa shape index (κ1) is 13.9. The molecule has 0 fully saturated rings. The van der Waals surface area contributed by atoms with Crippen molar-refractivity contribution in [2.75, 3.05) is 12.3 Å². The lowest BCUT2D eigenvalue weighted by Crippen LogP contribution is -2.42. The van der Waals surface area contributed by atoms with Gasteiger partial charge in [0.05, 0.1) is 0 Å². The van der Waals surface area contributed by atoms with E-state index in [4.69, 9.17) is 0 Å². The van der Waals surface area contributed by atoms with Crippen LogP contribution in [0.15, 0.2) is 10.7 Å². The van der Waals surface area contributed by atoms with Crippen molar-refractivity contribution in [3.05, 3.63) is 6.33 Å². The van der Waals surface area contributed by atoms with E-state index >= 15 is 0 Å². The van der Waals surface area contributed by atoms with E-state index in [-0.39, 0.29) is 5.41 Å². The van der Waals surface area contributed by atoms with Crippen LogP contribution in [0.25, 0.3) is 0 Å². The smallest absolute Gasteiger partial charge is 0.169 e. The first-order valence-corrected chi connectivity index (χ1v) is 7.42. The monoisotopic (exact) mass is 259 g/mol. The van der Waals surface area contributed by atoms with Crippen molar-refractivity contribution < 1.29 is 0 Å². The van der Waals surface area contributed by atoms with Crippen molar-refractivity contribution >= 4 is 23.3 Å². The molecule has 0 spiro atoms. The van der Waals surface area contributed by atoms with Gasteiger partial charge in [0.2, 0.25) is 0 Å². The van der Waals surface area contributed by atoms with Crippen LogP contribution >= 0.6 is 23.3 Å². The summed E-state index contributed by atoms with van der Waals surface area (Å²) in [5.74, 6) is 1.05. The highest BCUT2D eigenvalue weighted by Gasteiger charge is 2.24. The molecule has 0 aliphatic rings. The lowest BCUT2D eigenvalue weighted by molar-refractivity contribution is 0.292. The Balaban J connectivity index is 2.44. The topological polar surface area (TPSA) is 37.8 Å². The first-order chi connectivity index (χ1) is 7.54. The van der Waals surface area contributed by atoms with Crippen LogP contribution in [-0.2, 0) is 0 Å². The maximum absolute atomic E-state index is 4.19. The molecular weight excluding hydrogens is 238 g/mol. The Hall–Kier alpha value is -0.130. The van der Waals surface area contributed by atoms with Crippen LogP contribution in [0.2, 0.25) is 0 Å². The van der Waals surface area contributed by atoms with Crippen molar-refractivity contribution in [2.24, 2.45) is 5.41 Å². The van der Waals surface area contributed by atoms with Crippen LogP contribution in [0.4, 0.5) is 0 Å². The maximum Gasteiger partial charge on any atom is 0.169 e. The zero-order chi connectivity index (χ0) is 12.0. The third-order valence-corrected chi connectivity index (χ3v) is 4.29. The number of rotatable bonds is 6. The molecule has 5 heteroatoms. The van der Waals surface area contributed by atoms with Crippen LogP contribution in [0.5, 0.6) is 0 Å². The van der Waals surface area contributed by atoms with E-state index < -0.39 is 0 Å². The Morgan fingerprint density at radius 2 is 2.25 bits per heavy atom. The Morgan fingerprint density at radius 1 is 1.50 bits per heavy atom. The van der Waals surface area contributed by atoms with Crippen LogP contribution in [0, 0.1) is 5.41 Å². The molecule has 0 aliphatic heterocycles. The Bertz CT molecular complexity index is 280. The minimum Gasteiger partial charge on any atom is -0.313 e. The lowest BCUT2D eigenvalue weighted by atomic mass is 9.88. The zero-order valence-corrected chi connectivity index (χ0v) is 12.1. The third kappa shape index (κ3) is 4.80. The molecular formula is C11H21N3S2. The molecule has 0 bridgehead atoms. The summed E-state index contributed by atoms with van der Waals surface area (Å²) < 4.78 is 5.08. The van der Waals surface area contributed by atoms with Gasteiger partial charge in [-0.15, -0.1) is 0 Å². The molecule has 0 aliphatic carbocycles. The fourth-order valence-electron chi connectivity index (χ4n) is 1.31. The molecule has 1 aromatic rings. The summed E-state index contributed by atoms with van der Waals surface area (Å²) in [6.07, 6.45) is 2.80. The minimum absolute atomic E-state index is 0.285. The highest BCUT2D eigenvalue weighted by Crippen LogP contribution is 2.26. The van der Waals surface area contributed by atoms with Crippen LogP contribution in [0.3, 0.4) is 0 Å². The van der Waals surface area contributed by atoms with Crippen molar-refractivity contribution in [3.63, 3.8) is 0 Å². The molecule has 1 aromatic heterocycles. The molecule has 0 saturated carbocycles. The highest BCUT2D eigenvalue weighted by atomic mass is 32.2. The molecule has 1 heterocycles. The van der Waals surface area contributed by atoms with Gasteiger partial charge in [0.15, 0.2) is 4.34 Å². The van der Waals surface area contributed by atoms with Crippen LogP contribution in [-0.4, -0.2) is 27.7 Å². The molecule has 1 unspecified atom stereocenters. The van der Waals surface area contributed by atoms with Gasteiger partial charge in [-0.3, -0.25) is 0 Å². The molecule has 92 valence electrons. The van der Waals surface area contributed by atoms with Crippen molar-refractivity contribution in [2.45, 2.75) is 44.5 Å². The Kier molecular flexibility index (Phi) is 5.72. The van der Waals surface area contributed by atoms with E-state index in [9.17, 15) is 0 Å². The van der Waals surface area contributed by atoms with Gasteiger partial charge in [-0.2, -0.15) is 4.37 Å². The zero-order valence-electron chi connectivity index (χ0n) is 10.5. The molecule has 0 saturated heterocycles. The summed E-state index contributed by atoms with van der Waals surface area (Å²) >= 11 is 3.27. The summed E-state index contributed by atoms with van der Waals surface area (Å²) in [5, 5.41) is 3.61. The van der Waals surface area contributed by atoms with E-state index in [1.54, 1.807) is 18.1 Å². The number of hydrogen-bond donors (Lipinski definition) is 1. The molecule has 0 amide bonds. The van der Waals surface area contributed by atoms with Crippen molar-refractivity contribution in [1.82, 2.24) is 14.7 Å². The predicted octanol–water partition coefficient (Wildman–Crippen LogP) is 3.04. The first-order valence-electron chi connectivity index (χ1n) is 5.67. The van der Waals surface area contributed by atoms with Gasteiger partial charge in [-0.05, 0) is 29.9 Å². The van der Waals surface area contributed by atoms with Gasteiger partial charge >= 0.3 is 0 Å². The molecule has 0 radical (unpaired) electrons. The van der Waals surface area contributed by atoms with Gasteiger partial charge < -0.3 is 5.32 Å². The van der Waals surface area contributed by atoms with Crippen LogP contribution in [0.1, 0.15) is 34.1 Å². The highest BCUT2D eigenvalue weighted by molar-refractivity contribution is 8.00. The van der Waals surface area contributed by atoms with E-state index in [0.717, 1.165) is 16.6 Å². The quantitative estimate of drug-likeness (QED) is 0.797. The number of nitrogens with one attached hydrogen (secondary N) is 1. The molecule has 0 aromatic carbocycles. The standard InChI is InChI=1S/C11H21N3S2/c1-5-6-12-9(11(2,3)4)7-15-10-13-8-14-16-10/h8-9,12H,5-7H2,1-4H3. The Labute approximate surface area is 107 Å². The maximum atomic E-state index is 4.19. The predicted molar refractivity (Wildman–Crippen MR) is 72.2 cm³/mol. The molecule has 1 N–H and O–H groups in total. The van der Waals surface area contributed by atoms with E-state index in [2.05, 4.69) is 42.4 Å². The summed E-state index contributed by atoms with van der Waals surface area (Å²) in [6.45, 7) is 10.1. The number of nitrogens with zero attached hydrogens (tertiary/aromatic N) is 2. The normalized spacial score (nSPS) is 14.0. The average Bonchev–Trinajstić information content (AvgIpc) is 2.68. The summed E-state index contributed by atoms with van der Waals surface area (Å²) in [7, 11) is 0. The second-order valence-electron chi connectivity index (χ2n) is 4.89. The van der Waals surface area contributed by atoms with Crippen molar-refractivity contribution in [1.29, 1.82) is 0 Å². The van der Waals surface area contributed by atoms with E-state index in [1.165, 1.54) is 18.0 Å². The SMILES string of the molecule is CCCNC(CSc1ncns1)C(C)(C)C. The van der Waals surface area contributed by atoms with Gasteiger partial charge in [-0.25, -0.2) is 4.98 Å².